The van der Waals surface area contributed by atoms with E-state index in [-0.39, 0.29) is 16.6 Å². The van der Waals surface area contributed by atoms with Gasteiger partial charge in [-0.05, 0) is 42.7 Å². The molecule has 0 radical (unpaired) electrons. The van der Waals surface area contributed by atoms with Gasteiger partial charge in [0.25, 0.3) is 0 Å². The van der Waals surface area contributed by atoms with Crippen LogP contribution in [-0.2, 0) is 11.3 Å². The fraction of sp³-hybridized carbons (Fsp3) is 0.462. The van der Waals surface area contributed by atoms with Crippen LogP contribution in [0.4, 0.5) is 14.7 Å². The first-order valence-electron chi connectivity index (χ1n) is 13.3. The van der Waals surface area contributed by atoms with Crippen LogP contribution >= 0.6 is 23.1 Å². The molecular formula is C26H30F2N8O3S2. The van der Waals surface area contributed by atoms with Crippen molar-refractivity contribution in [1.29, 1.82) is 0 Å². The fourth-order valence-corrected chi connectivity index (χ4v) is 6.46. The molecular weight excluding hydrogens is 574 g/mol. The molecule has 218 valence electrons. The van der Waals surface area contributed by atoms with E-state index in [0.717, 1.165) is 29.6 Å². The molecule has 2 atom stereocenters. The molecule has 5 heterocycles. The third-order valence-corrected chi connectivity index (χ3v) is 8.93. The maximum absolute atomic E-state index is 14.8. The number of ether oxygens (including phenoxy) is 1. The fourth-order valence-electron chi connectivity index (χ4n) is 5.12. The van der Waals surface area contributed by atoms with E-state index in [4.69, 9.17) is 14.9 Å². The van der Waals surface area contributed by atoms with E-state index in [1.807, 2.05) is 11.2 Å². The summed E-state index contributed by atoms with van der Waals surface area (Å²) in [6.45, 7) is 4.00. The number of nitrogens with two attached hydrogens (primary N) is 1. The Hall–Kier alpha value is -3.27. The van der Waals surface area contributed by atoms with E-state index in [2.05, 4.69) is 20.0 Å². The van der Waals surface area contributed by atoms with Crippen LogP contribution in [0, 0.1) is 0 Å². The van der Waals surface area contributed by atoms with Gasteiger partial charge in [0.1, 0.15) is 10.9 Å². The van der Waals surface area contributed by atoms with Crippen molar-refractivity contribution in [2.24, 2.45) is 0 Å². The molecule has 1 saturated heterocycles. The minimum Gasteiger partial charge on any atom is -0.491 e. The molecule has 6 rings (SSSR count). The number of hydrogen-bond acceptors (Lipinski definition) is 11. The second-order valence-corrected chi connectivity index (χ2v) is 11.8. The lowest BCUT2D eigenvalue weighted by Gasteiger charge is -2.39. The molecule has 0 spiro atoms. The number of nitrogens with zero attached hydrogens (tertiary/aromatic N) is 7. The van der Waals surface area contributed by atoms with Gasteiger partial charge in [0, 0.05) is 39.3 Å². The van der Waals surface area contributed by atoms with Crippen LogP contribution in [-0.4, -0.2) is 97.5 Å². The lowest BCUT2D eigenvalue weighted by atomic mass is 10.0. The van der Waals surface area contributed by atoms with Gasteiger partial charge in [-0.25, -0.2) is 13.8 Å². The number of allylic oxidation sites excluding steroid dienone is 1. The molecule has 41 heavy (non-hydrogen) atoms. The molecule has 11 nitrogen and oxygen atoms in total. The highest BCUT2D eigenvalue weighted by Crippen LogP contribution is 2.28. The largest absolute Gasteiger partial charge is 0.491 e. The van der Waals surface area contributed by atoms with Crippen molar-refractivity contribution in [3.8, 4) is 11.6 Å². The Balaban J connectivity index is 1.11. The van der Waals surface area contributed by atoms with Gasteiger partial charge >= 0.3 is 4.87 Å². The summed E-state index contributed by atoms with van der Waals surface area (Å²) >= 11 is 2.75. The average Bonchev–Trinajstić information content (AvgIpc) is 3.71. The Morgan fingerprint density at radius 3 is 2.78 bits per heavy atom. The maximum Gasteiger partial charge on any atom is 0.309 e. The van der Waals surface area contributed by atoms with Crippen LogP contribution < -0.4 is 10.6 Å². The first-order chi connectivity index (χ1) is 19.9. The number of furan rings is 1. The van der Waals surface area contributed by atoms with E-state index in [9.17, 15) is 13.6 Å². The quantitative estimate of drug-likeness (QED) is 0.270. The van der Waals surface area contributed by atoms with Crippen molar-refractivity contribution >= 4 is 45.0 Å². The number of nitrogen functional groups attached to an aromatic ring is 1. The third-order valence-electron chi connectivity index (χ3n) is 7.27. The predicted molar refractivity (Wildman–Crippen MR) is 155 cm³/mol. The Labute approximate surface area is 242 Å². The zero-order valence-corrected chi connectivity index (χ0v) is 24.0. The van der Waals surface area contributed by atoms with E-state index in [0.29, 0.717) is 73.5 Å². The molecule has 0 bridgehead atoms. The van der Waals surface area contributed by atoms with Gasteiger partial charge in [-0.15, -0.1) is 5.10 Å². The standard InChI is InChI=1S/C26H30F2N8O3S2/c1-40-13-3-12-39-20-15-18(16(27)14-17(20)28)34-8-5-33(6-9-34)7-10-35-23-21(41-26(35)37)24-30-22(19-4-2-11-38-19)32-36(24)25(29)31-23/h2,4,11,14-16,18H,3,5-10,12-13H2,1H3,(H2,29,31). The minimum absolute atomic E-state index is 0.123. The van der Waals surface area contributed by atoms with Crippen LogP contribution in [0.15, 0.2) is 51.3 Å². The molecule has 1 fully saturated rings. The Bertz CT molecular complexity index is 1640. The number of alkyl halides is 1. The highest BCUT2D eigenvalue weighted by atomic mass is 32.2. The molecule has 0 saturated carbocycles. The summed E-state index contributed by atoms with van der Waals surface area (Å²) in [6, 6.07) is 2.92. The SMILES string of the molecule is CSCCCOC1=CC(N2CCN(CCn3c(=O)sc4c3nc(N)n3nc(-c5ccco5)nc43)CC2)C(F)C=C1F. The van der Waals surface area contributed by atoms with Crippen molar-refractivity contribution in [3.05, 3.63) is 51.8 Å². The molecule has 1 aliphatic carbocycles. The molecule has 0 aromatic carbocycles. The molecule has 0 amide bonds. The molecule has 15 heteroatoms. The van der Waals surface area contributed by atoms with Crippen LogP contribution in [0.2, 0.25) is 0 Å². The maximum atomic E-state index is 14.8. The summed E-state index contributed by atoms with van der Waals surface area (Å²) in [4.78, 5) is 26.1. The zero-order chi connectivity index (χ0) is 28.5. The van der Waals surface area contributed by atoms with E-state index in [1.165, 1.54) is 10.8 Å². The molecule has 2 aliphatic rings. The van der Waals surface area contributed by atoms with Crippen molar-refractivity contribution in [3.63, 3.8) is 0 Å². The number of thiazole rings is 1. The van der Waals surface area contributed by atoms with E-state index in [1.54, 1.807) is 34.5 Å². The molecule has 2 unspecified atom stereocenters. The number of piperazine rings is 1. The zero-order valence-electron chi connectivity index (χ0n) is 22.4. The van der Waals surface area contributed by atoms with Gasteiger partial charge in [-0.1, -0.05) is 11.3 Å². The summed E-state index contributed by atoms with van der Waals surface area (Å²) < 4.78 is 43.7. The topological polar surface area (TPSA) is 120 Å². The first-order valence-corrected chi connectivity index (χ1v) is 15.5. The van der Waals surface area contributed by atoms with Gasteiger partial charge in [-0.2, -0.15) is 21.3 Å². The number of rotatable bonds is 10. The van der Waals surface area contributed by atoms with Gasteiger partial charge in [0.05, 0.1) is 18.9 Å². The summed E-state index contributed by atoms with van der Waals surface area (Å²) in [5.41, 5.74) is 7.10. The predicted octanol–water partition coefficient (Wildman–Crippen LogP) is 3.19. The second kappa shape index (κ2) is 11.9. The van der Waals surface area contributed by atoms with E-state index < -0.39 is 18.0 Å². The number of anilines is 1. The lowest BCUT2D eigenvalue weighted by molar-refractivity contribution is 0.0796. The number of thioether (sulfide) groups is 1. The van der Waals surface area contributed by atoms with Gasteiger partial charge in [0.2, 0.25) is 11.8 Å². The van der Waals surface area contributed by atoms with Crippen LogP contribution in [0.5, 0.6) is 0 Å². The third kappa shape index (κ3) is 5.63. The highest BCUT2D eigenvalue weighted by Gasteiger charge is 2.33. The summed E-state index contributed by atoms with van der Waals surface area (Å²) in [7, 11) is 0. The average molecular weight is 605 g/mol. The number of fused-ring (bicyclic) bond motifs is 3. The highest BCUT2D eigenvalue weighted by molar-refractivity contribution is 7.98. The molecule has 2 N–H and O–H groups in total. The smallest absolute Gasteiger partial charge is 0.309 e. The van der Waals surface area contributed by atoms with Gasteiger partial charge in [0.15, 0.2) is 28.6 Å². The summed E-state index contributed by atoms with van der Waals surface area (Å²) in [5.74, 6) is 1.38. The van der Waals surface area contributed by atoms with Crippen molar-refractivity contribution in [2.75, 3.05) is 57.1 Å². The number of aromatic nitrogens is 5. The minimum atomic E-state index is -1.44. The monoisotopic (exact) mass is 604 g/mol. The molecule has 4 aromatic rings. The van der Waals surface area contributed by atoms with Crippen LogP contribution in [0.1, 0.15) is 6.42 Å². The van der Waals surface area contributed by atoms with Crippen molar-refractivity contribution < 1.29 is 17.9 Å². The summed E-state index contributed by atoms with van der Waals surface area (Å²) in [6.07, 6.45) is 5.49. The summed E-state index contributed by atoms with van der Waals surface area (Å²) in [5, 5.41) is 4.39. The molecule has 4 aromatic heterocycles. The van der Waals surface area contributed by atoms with Crippen LogP contribution in [0.25, 0.3) is 27.6 Å². The molecule has 1 aliphatic heterocycles. The number of halogens is 2. The Kier molecular flexibility index (Phi) is 8.10. The normalized spacial score (nSPS) is 20.6. The van der Waals surface area contributed by atoms with Crippen LogP contribution in [0.3, 0.4) is 0 Å². The first kappa shape index (κ1) is 27.9. The van der Waals surface area contributed by atoms with Gasteiger partial charge < -0.3 is 14.9 Å². The lowest BCUT2D eigenvalue weighted by Crippen LogP contribution is -2.53. The van der Waals surface area contributed by atoms with Gasteiger partial charge in [-0.3, -0.25) is 19.2 Å². The second-order valence-electron chi connectivity index (χ2n) is 9.84. The van der Waals surface area contributed by atoms with E-state index >= 15 is 0 Å². The van der Waals surface area contributed by atoms with Crippen molar-refractivity contribution in [2.45, 2.75) is 25.2 Å². The Morgan fingerprint density at radius 1 is 1.20 bits per heavy atom. The Morgan fingerprint density at radius 2 is 2.02 bits per heavy atom. The number of hydrogen-bond donors (Lipinski definition) is 1. The van der Waals surface area contributed by atoms with Crippen molar-refractivity contribution in [1.82, 2.24) is 33.9 Å².